The third-order valence-electron chi connectivity index (χ3n) is 1.67. The lowest BCUT2D eigenvalue weighted by Crippen LogP contribution is -2.32. The van der Waals surface area contributed by atoms with Crippen LogP contribution in [-0.4, -0.2) is 8.42 Å². The maximum absolute atomic E-state index is 11.0. The predicted molar refractivity (Wildman–Crippen MR) is 50.5 cm³/mol. The third-order valence-corrected chi connectivity index (χ3v) is 3.06. The summed E-state index contributed by atoms with van der Waals surface area (Å²) in [4.78, 5) is 0. The molecule has 0 saturated heterocycles. The van der Waals surface area contributed by atoms with Gasteiger partial charge < -0.3 is 4.18 Å². The largest absolute Gasteiger partial charge is 0.382 e. The first-order chi connectivity index (χ1) is 6.07. The van der Waals surface area contributed by atoms with Gasteiger partial charge in [0.25, 0.3) is 0 Å². The molecule has 70 valence electrons. The second-order valence-electron chi connectivity index (χ2n) is 2.61. The maximum atomic E-state index is 11.0. The van der Waals surface area contributed by atoms with Gasteiger partial charge in [0.2, 0.25) is 0 Å². The Morgan fingerprint density at radius 1 is 1.46 bits per heavy atom. The second-order valence-corrected chi connectivity index (χ2v) is 4.89. The number of fused-ring (bicyclic) bond motifs is 1. The van der Waals surface area contributed by atoms with Crippen LogP contribution in [0, 0.1) is 0 Å². The van der Waals surface area contributed by atoms with Gasteiger partial charge in [-0.1, -0.05) is 22.0 Å². The van der Waals surface area contributed by atoms with Gasteiger partial charge in [-0.2, -0.15) is 13.1 Å². The number of rotatable bonds is 0. The highest BCUT2D eigenvalue weighted by Crippen LogP contribution is 2.27. The molecular weight excluding hydrogens is 258 g/mol. The summed E-state index contributed by atoms with van der Waals surface area (Å²) in [5.74, 6) is 0.383. The molecule has 0 atom stereocenters. The molecule has 1 heterocycles. The first-order valence-corrected chi connectivity index (χ1v) is 5.74. The van der Waals surface area contributed by atoms with Crippen molar-refractivity contribution in [3.05, 3.63) is 28.2 Å². The molecule has 0 radical (unpaired) electrons. The van der Waals surface area contributed by atoms with E-state index in [-0.39, 0.29) is 6.54 Å². The van der Waals surface area contributed by atoms with E-state index in [1.807, 2.05) is 6.07 Å². The molecule has 0 aromatic heterocycles. The van der Waals surface area contributed by atoms with Crippen molar-refractivity contribution < 1.29 is 12.6 Å². The molecule has 1 aliphatic rings. The average Bonchev–Trinajstić information content (AvgIpc) is 2.01. The van der Waals surface area contributed by atoms with Gasteiger partial charge in [-0.3, -0.25) is 0 Å². The smallest absolute Gasteiger partial charge is 0.371 e. The minimum absolute atomic E-state index is 0.283. The zero-order chi connectivity index (χ0) is 9.47. The van der Waals surface area contributed by atoms with E-state index in [1.54, 1.807) is 12.1 Å². The maximum Gasteiger partial charge on any atom is 0.382 e. The fourth-order valence-corrected chi connectivity index (χ4v) is 2.19. The molecule has 13 heavy (non-hydrogen) atoms. The van der Waals surface area contributed by atoms with Crippen LogP contribution in [0.25, 0.3) is 0 Å². The van der Waals surface area contributed by atoms with Crippen LogP contribution in [0.4, 0.5) is 0 Å². The van der Waals surface area contributed by atoms with Crippen LogP contribution < -0.4 is 8.91 Å². The van der Waals surface area contributed by atoms with Gasteiger partial charge in [0.05, 0.1) is 0 Å². The van der Waals surface area contributed by atoms with Gasteiger partial charge in [-0.25, -0.2) is 0 Å². The van der Waals surface area contributed by atoms with E-state index in [0.717, 1.165) is 10.0 Å². The lowest BCUT2D eigenvalue weighted by molar-refractivity contribution is 0.453. The average molecular weight is 264 g/mol. The molecule has 4 nitrogen and oxygen atoms in total. The Kier molecular flexibility index (Phi) is 2.05. The van der Waals surface area contributed by atoms with Crippen LogP contribution >= 0.6 is 15.9 Å². The molecule has 6 heteroatoms. The summed E-state index contributed by atoms with van der Waals surface area (Å²) in [5, 5.41) is 0. The van der Waals surface area contributed by atoms with Crippen molar-refractivity contribution in [2.45, 2.75) is 6.54 Å². The van der Waals surface area contributed by atoms with E-state index in [0.29, 0.717) is 5.75 Å². The molecule has 0 saturated carbocycles. The Bertz CT molecular complexity index is 443. The van der Waals surface area contributed by atoms with Crippen molar-refractivity contribution in [3.8, 4) is 5.75 Å². The monoisotopic (exact) mass is 263 g/mol. The minimum Gasteiger partial charge on any atom is -0.371 e. The van der Waals surface area contributed by atoms with Gasteiger partial charge in [0.1, 0.15) is 5.75 Å². The number of halogens is 1. The number of hydrogen-bond acceptors (Lipinski definition) is 3. The van der Waals surface area contributed by atoms with Gasteiger partial charge >= 0.3 is 10.3 Å². The highest BCUT2D eigenvalue weighted by atomic mass is 79.9. The van der Waals surface area contributed by atoms with Gasteiger partial charge in [-0.05, 0) is 12.1 Å². The Labute approximate surface area is 84.3 Å². The summed E-state index contributed by atoms with van der Waals surface area (Å²) in [5.41, 5.74) is 0.832. The molecule has 1 aromatic carbocycles. The van der Waals surface area contributed by atoms with Crippen LogP contribution in [-0.2, 0) is 16.8 Å². The van der Waals surface area contributed by atoms with E-state index in [2.05, 4.69) is 20.7 Å². The fraction of sp³-hybridized carbons (Fsp3) is 0.143. The summed E-state index contributed by atoms with van der Waals surface area (Å²) in [6.45, 7) is 0.283. The highest BCUT2D eigenvalue weighted by Gasteiger charge is 2.21. The summed E-state index contributed by atoms with van der Waals surface area (Å²) in [6.07, 6.45) is 0. The summed E-state index contributed by atoms with van der Waals surface area (Å²) < 4.78 is 29.7. The first-order valence-electron chi connectivity index (χ1n) is 3.54. The van der Waals surface area contributed by atoms with E-state index in [4.69, 9.17) is 4.18 Å². The van der Waals surface area contributed by atoms with Crippen LogP contribution in [0.3, 0.4) is 0 Å². The quantitative estimate of drug-likeness (QED) is 0.765. The lowest BCUT2D eigenvalue weighted by atomic mass is 10.2. The minimum atomic E-state index is -3.58. The van der Waals surface area contributed by atoms with Crippen molar-refractivity contribution >= 4 is 26.2 Å². The second kappa shape index (κ2) is 2.97. The van der Waals surface area contributed by atoms with Crippen molar-refractivity contribution in [1.29, 1.82) is 0 Å². The number of nitrogens with one attached hydrogen (secondary N) is 1. The fourth-order valence-electron chi connectivity index (χ4n) is 1.07. The molecular formula is C7H6BrNO3S. The Morgan fingerprint density at radius 2 is 2.23 bits per heavy atom. The Morgan fingerprint density at radius 3 is 3.00 bits per heavy atom. The van der Waals surface area contributed by atoms with E-state index >= 15 is 0 Å². The van der Waals surface area contributed by atoms with Crippen LogP contribution in [0.1, 0.15) is 5.56 Å². The number of benzene rings is 1. The SMILES string of the molecule is O=S1(=O)NCc2ccc(Br)cc2O1. The molecule has 1 aliphatic heterocycles. The standard InChI is InChI=1S/C7H6BrNO3S/c8-6-2-1-5-4-9-13(10,11)12-7(5)3-6/h1-3,9H,4H2. The molecule has 0 bridgehead atoms. The van der Waals surface area contributed by atoms with Crippen LogP contribution in [0.15, 0.2) is 22.7 Å². The van der Waals surface area contributed by atoms with Crippen LogP contribution in [0.5, 0.6) is 5.75 Å². The molecule has 0 fully saturated rings. The molecule has 1 aromatic rings. The van der Waals surface area contributed by atoms with Gasteiger partial charge in [0.15, 0.2) is 0 Å². The van der Waals surface area contributed by atoms with Gasteiger partial charge in [0, 0.05) is 16.6 Å². The summed E-state index contributed by atoms with van der Waals surface area (Å²) >= 11 is 3.23. The molecule has 0 spiro atoms. The van der Waals surface area contributed by atoms with Crippen molar-refractivity contribution in [2.24, 2.45) is 0 Å². The number of hydrogen-bond donors (Lipinski definition) is 1. The summed E-state index contributed by atoms with van der Waals surface area (Å²) in [6, 6.07) is 5.27. The van der Waals surface area contributed by atoms with E-state index < -0.39 is 10.3 Å². The topological polar surface area (TPSA) is 55.4 Å². The highest BCUT2D eigenvalue weighted by molar-refractivity contribution is 9.10. The molecule has 0 amide bonds. The van der Waals surface area contributed by atoms with E-state index in [9.17, 15) is 8.42 Å². The Balaban J connectivity index is 2.50. The van der Waals surface area contributed by atoms with Crippen molar-refractivity contribution in [2.75, 3.05) is 0 Å². The van der Waals surface area contributed by atoms with Crippen molar-refractivity contribution in [1.82, 2.24) is 4.72 Å². The zero-order valence-corrected chi connectivity index (χ0v) is 8.85. The van der Waals surface area contributed by atoms with Gasteiger partial charge in [-0.15, -0.1) is 0 Å². The first kappa shape index (κ1) is 8.98. The lowest BCUT2D eigenvalue weighted by Gasteiger charge is -2.17. The normalized spacial score (nSPS) is 18.8. The Hall–Kier alpha value is -0.590. The molecule has 1 N–H and O–H groups in total. The van der Waals surface area contributed by atoms with Crippen LogP contribution in [0.2, 0.25) is 0 Å². The van der Waals surface area contributed by atoms with Crippen molar-refractivity contribution in [3.63, 3.8) is 0 Å². The van der Waals surface area contributed by atoms with E-state index in [1.165, 1.54) is 0 Å². The molecule has 0 aliphatic carbocycles. The summed E-state index contributed by atoms with van der Waals surface area (Å²) in [7, 11) is -3.58. The molecule has 0 unspecified atom stereocenters. The third kappa shape index (κ3) is 1.84. The zero-order valence-electron chi connectivity index (χ0n) is 6.45. The molecule has 2 rings (SSSR count). The predicted octanol–water partition coefficient (Wildman–Crippen LogP) is 1.18.